The first-order valence-electron chi connectivity index (χ1n) is 3.38. The molecule has 1 atom stereocenters. The van der Waals surface area contributed by atoms with Gasteiger partial charge in [-0.2, -0.15) is 0 Å². The van der Waals surface area contributed by atoms with Gasteiger partial charge < -0.3 is 4.74 Å². The average Bonchev–Trinajstić information content (AvgIpc) is 1.89. The second-order valence-corrected chi connectivity index (χ2v) is 2.00. The number of rotatable bonds is 5. The Morgan fingerprint density at radius 3 is 2.78 bits per heavy atom. The van der Waals surface area contributed by atoms with Crippen LogP contribution in [0.25, 0.3) is 0 Å². The zero-order chi connectivity index (χ0) is 7.11. The van der Waals surface area contributed by atoms with Gasteiger partial charge in [-0.05, 0) is 13.3 Å². The Bertz CT molecular complexity index is 69.0. The Morgan fingerprint density at radius 1 is 1.67 bits per heavy atom. The highest BCUT2D eigenvalue weighted by Gasteiger charge is 1.92. The van der Waals surface area contributed by atoms with Crippen LogP contribution in [0.1, 0.15) is 19.8 Å². The van der Waals surface area contributed by atoms with Gasteiger partial charge in [-0.1, -0.05) is 19.4 Å². The smallest absolute Gasteiger partial charge is 0.0754 e. The molecule has 0 aliphatic heterocycles. The van der Waals surface area contributed by atoms with Crippen LogP contribution < -0.4 is 0 Å². The van der Waals surface area contributed by atoms with Gasteiger partial charge in [0.2, 0.25) is 0 Å². The molecular weight excluding hydrogens is 112 g/mol. The fourth-order valence-electron chi connectivity index (χ4n) is 0.447. The van der Waals surface area contributed by atoms with E-state index >= 15 is 0 Å². The zero-order valence-corrected chi connectivity index (χ0v) is 6.10. The van der Waals surface area contributed by atoms with Crippen LogP contribution in [0, 0.1) is 6.92 Å². The molecule has 0 aliphatic rings. The van der Waals surface area contributed by atoms with Gasteiger partial charge >= 0.3 is 0 Å². The normalized spacial score (nSPS) is 13.1. The third kappa shape index (κ3) is 5.57. The summed E-state index contributed by atoms with van der Waals surface area (Å²) in [6.45, 7) is 10.2. The summed E-state index contributed by atoms with van der Waals surface area (Å²) >= 11 is 0. The lowest BCUT2D eigenvalue weighted by atomic mass is 10.3. The summed E-state index contributed by atoms with van der Waals surface area (Å²) in [7, 11) is 0. The fourth-order valence-corrected chi connectivity index (χ4v) is 0.447. The van der Waals surface area contributed by atoms with Gasteiger partial charge in [0, 0.05) is 6.61 Å². The maximum atomic E-state index is 5.20. The van der Waals surface area contributed by atoms with Crippen molar-refractivity contribution < 1.29 is 4.74 Å². The van der Waals surface area contributed by atoms with Crippen LogP contribution in [0.2, 0.25) is 0 Å². The molecule has 0 N–H and O–H groups in total. The third-order valence-corrected chi connectivity index (χ3v) is 1.09. The summed E-state index contributed by atoms with van der Waals surface area (Å²) in [4.78, 5) is 0. The van der Waals surface area contributed by atoms with Gasteiger partial charge in [0.25, 0.3) is 0 Å². The molecule has 0 saturated heterocycles. The Morgan fingerprint density at radius 2 is 2.33 bits per heavy atom. The second-order valence-electron chi connectivity index (χ2n) is 2.00. The minimum absolute atomic E-state index is 0.0310. The van der Waals surface area contributed by atoms with Crippen molar-refractivity contribution in [2.24, 2.45) is 0 Å². The molecule has 9 heavy (non-hydrogen) atoms. The van der Waals surface area contributed by atoms with E-state index in [1.54, 1.807) is 6.08 Å². The van der Waals surface area contributed by atoms with E-state index in [2.05, 4.69) is 20.4 Å². The minimum atomic E-state index is -0.0310. The average molecular weight is 127 g/mol. The van der Waals surface area contributed by atoms with Crippen molar-refractivity contribution in [1.29, 1.82) is 0 Å². The molecule has 0 aliphatic carbocycles. The van der Waals surface area contributed by atoms with Crippen molar-refractivity contribution in [3.05, 3.63) is 19.6 Å². The van der Waals surface area contributed by atoms with Crippen LogP contribution in [0.3, 0.4) is 0 Å². The maximum absolute atomic E-state index is 5.20. The maximum Gasteiger partial charge on any atom is 0.0754 e. The Balaban J connectivity index is 2.96. The number of ether oxygens (including phenoxy) is 1. The van der Waals surface area contributed by atoms with Crippen molar-refractivity contribution in [2.75, 3.05) is 6.61 Å². The molecule has 1 heteroatoms. The van der Waals surface area contributed by atoms with Crippen molar-refractivity contribution >= 4 is 0 Å². The first kappa shape index (κ1) is 8.70. The van der Waals surface area contributed by atoms with Crippen molar-refractivity contribution in [3.63, 3.8) is 0 Å². The third-order valence-electron chi connectivity index (χ3n) is 1.09. The molecule has 1 unspecified atom stereocenters. The molecular formula is C8H15O. The summed E-state index contributed by atoms with van der Waals surface area (Å²) in [6, 6.07) is 0. The SMILES string of the molecule is [CH2]C(C=C)OCCCC. The quantitative estimate of drug-likeness (QED) is 0.406. The summed E-state index contributed by atoms with van der Waals surface area (Å²) in [5.41, 5.74) is 0. The summed E-state index contributed by atoms with van der Waals surface area (Å²) in [5.74, 6) is 0. The van der Waals surface area contributed by atoms with E-state index in [1.807, 2.05) is 0 Å². The molecule has 0 saturated carbocycles. The molecule has 1 radical (unpaired) electrons. The molecule has 0 aromatic rings. The zero-order valence-electron chi connectivity index (χ0n) is 6.10. The predicted octanol–water partition coefficient (Wildman–Crippen LogP) is 2.19. The highest BCUT2D eigenvalue weighted by atomic mass is 16.5. The van der Waals surface area contributed by atoms with Gasteiger partial charge in [0.05, 0.1) is 6.10 Å². The summed E-state index contributed by atoms with van der Waals surface area (Å²) in [5, 5.41) is 0. The number of hydrogen-bond donors (Lipinski definition) is 0. The van der Waals surface area contributed by atoms with Crippen LogP contribution in [0.15, 0.2) is 12.7 Å². The van der Waals surface area contributed by atoms with Gasteiger partial charge in [-0.3, -0.25) is 0 Å². The van der Waals surface area contributed by atoms with Crippen molar-refractivity contribution in [1.82, 2.24) is 0 Å². The number of hydrogen-bond acceptors (Lipinski definition) is 1. The Hall–Kier alpha value is -0.300. The van der Waals surface area contributed by atoms with E-state index in [0.717, 1.165) is 13.0 Å². The highest BCUT2D eigenvalue weighted by molar-refractivity contribution is 4.81. The second kappa shape index (κ2) is 5.83. The van der Waals surface area contributed by atoms with Gasteiger partial charge in [-0.15, -0.1) is 6.58 Å². The molecule has 1 nitrogen and oxygen atoms in total. The lowest BCUT2D eigenvalue weighted by molar-refractivity contribution is 0.111. The molecule has 0 bridgehead atoms. The lowest BCUT2D eigenvalue weighted by Crippen LogP contribution is -2.04. The first-order chi connectivity index (χ1) is 4.31. The van der Waals surface area contributed by atoms with Crippen LogP contribution >= 0.6 is 0 Å². The lowest BCUT2D eigenvalue weighted by Gasteiger charge is -2.05. The van der Waals surface area contributed by atoms with Crippen molar-refractivity contribution in [2.45, 2.75) is 25.9 Å². The van der Waals surface area contributed by atoms with E-state index in [0.29, 0.717) is 0 Å². The van der Waals surface area contributed by atoms with E-state index in [-0.39, 0.29) is 6.10 Å². The molecule has 0 spiro atoms. The number of unbranched alkanes of at least 4 members (excludes halogenated alkanes) is 1. The molecule has 0 aromatic carbocycles. The van der Waals surface area contributed by atoms with E-state index in [4.69, 9.17) is 4.74 Å². The fraction of sp³-hybridized carbons (Fsp3) is 0.625. The molecule has 0 amide bonds. The van der Waals surface area contributed by atoms with Gasteiger partial charge in [0.15, 0.2) is 0 Å². The van der Waals surface area contributed by atoms with Gasteiger partial charge in [0.1, 0.15) is 0 Å². The van der Waals surface area contributed by atoms with Crippen LogP contribution in [0.4, 0.5) is 0 Å². The van der Waals surface area contributed by atoms with E-state index in [9.17, 15) is 0 Å². The molecule has 0 fully saturated rings. The predicted molar refractivity (Wildman–Crippen MR) is 40.2 cm³/mol. The largest absolute Gasteiger partial charge is 0.374 e. The topological polar surface area (TPSA) is 9.23 Å². The van der Waals surface area contributed by atoms with E-state index in [1.165, 1.54) is 6.42 Å². The molecule has 0 aromatic heterocycles. The van der Waals surface area contributed by atoms with Crippen LogP contribution in [-0.4, -0.2) is 12.7 Å². The summed E-state index contributed by atoms with van der Waals surface area (Å²) in [6.07, 6.45) is 3.95. The Labute approximate surface area is 57.7 Å². The molecule has 0 heterocycles. The van der Waals surface area contributed by atoms with E-state index < -0.39 is 0 Å². The summed E-state index contributed by atoms with van der Waals surface area (Å²) < 4.78 is 5.20. The molecule has 53 valence electrons. The Kier molecular flexibility index (Phi) is 5.64. The monoisotopic (exact) mass is 127 g/mol. The minimum Gasteiger partial charge on any atom is -0.374 e. The molecule has 0 rings (SSSR count). The van der Waals surface area contributed by atoms with Crippen LogP contribution in [0.5, 0.6) is 0 Å². The van der Waals surface area contributed by atoms with Gasteiger partial charge in [-0.25, -0.2) is 0 Å². The van der Waals surface area contributed by atoms with Crippen LogP contribution in [-0.2, 0) is 4.74 Å². The standard InChI is InChI=1S/C8H15O/c1-4-6-7-9-8(3)5-2/h5,8H,2-4,6-7H2,1H3. The highest BCUT2D eigenvalue weighted by Crippen LogP contribution is 1.93. The first-order valence-corrected chi connectivity index (χ1v) is 3.38. The van der Waals surface area contributed by atoms with Crippen molar-refractivity contribution in [3.8, 4) is 0 Å².